The maximum absolute atomic E-state index is 13.3. The Hall–Kier alpha value is -1.51. The summed E-state index contributed by atoms with van der Waals surface area (Å²) in [5.41, 5.74) is 1.82. The van der Waals surface area contributed by atoms with Crippen molar-refractivity contribution in [3.8, 4) is 0 Å². The Morgan fingerprint density at radius 1 is 1.18 bits per heavy atom. The molecule has 8 heteroatoms. The topological polar surface area (TPSA) is 62.7 Å². The molecule has 1 fully saturated rings. The predicted octanol–water partition coefficient (Wildman–Crippen LogP) is 2.96. The Balaban J connectivity index is 1.77. The number of rotatable bonds is 8. The van der Waals surface area contributed by atoms with Crippen LogP contribution in [0.1, 0.15) is 17.5 Å². The number of aromatic nitrogens is 1. The Kier molecular flexibility index (Phi) is 7.42. The molecule has 1 aromatic carbocycles. The fourth-order valence-corrected chi connectivity index (χ4v) is 5.27. The maximum Gasteiger partial charge on any atom is 0.244 e. The average molecular weight is 424 g/mol. The van der Waals surface area contributed by atoms with Gasteiger partial charge >= 0.3 is 0 Å². The van der Waals surface area contributed by atoms with Crippen LogP contribution >= 0.6 is 11.6 Å². The molecule has 0 atom stereocenters. The number of aryl methyl sites for hydroxylation is 1. The van der Waals surface area contributed by atoms with E-state index in [-0.39, 0.29) is 16.5 Å². The van der Waals surface area contributed by atoms with E-state index in [4.69, 9.17) is 16.3 Å². The first-order chi connectivity index (χ1) is 13.5. The van der Waals surface area contributed by atoms with Gasteiger partial charge in [-0.2, -0.15) is 4.31 Å². The van der Waals surface area contributed by atoms with Crippen LogP contribution in [0.25, 0.3) is 0 Å². The van der Waals surface area contributed by atoms with Gasteiger partial charge in [0.25, 0.3) is 0 Å². The van der Waals surface area contributed by atoms with Gasteiger partial charge in [0.05, 0.1) is 18.2 Å². The molecule has 1 aromatic heterocycles. The molecule has 0 spiro atoms. The van der Waals surface area contributed by atoms with E-state index in [0.717, 1.165) is 50.4 Å². The largest absolute Gasteiger partial charge is 0.379 e. The van der Waals surface area contributed by atoms with Crippen molar-refractivity contribution < 1.29 is 13.2 Å². The quantitative estimate of drug-likeness (QED) is 0.653. The highest BCUT2D eigenvalue weighted by atomic mass is 35.5. The van der Waals surface area contributed by atoms with E-state index in [1.807, 2.05) is 19.1 Å². The third-order valence-electron chi connectivity index (χ3n) is 4.80. The Morgan fingerprint density at radius 2 is 1.89 bits per heavy atom. The lowest BCUT2D eigenvalue weighted by molar-refractivity contribution is 0.0368. The van der Waals surface area contributed by atoms with Crippen molar-refractivity contribution >= 4 is 21.6 Å². The molecule has 0 saturated carbocycles. The summed E-state index contributed by atoms with van der Waals surface area (Å²) in [6.07, 6.45) is 4.09. The lowest BCUT2D eigenvalue weighted by Gasteiger charge is -2.28. The molecular formula is C20H26ClN3O3S. The number of hydrogen-bond donors (Lipinski definition) is 0. The monoisotopic (exact) mass is 423 g/mol. The van der Waals surface area contributed by atoms with Gasteiger partial charge in [0.2, 0.25) is 10.0 Å². The molecule has 28 heavy (non-hydrogen) atoms. The third-order valence-corrected chi connectivity index (χ3v) is 7.13. The highest BCUT2D eigenvalue weighted by molar-refractivity contribution is 7.89. The second-order valence-corrected chi connectivity index (χ2v) is 9.25. The van der Waals surface area contributed by atoms with E-state index in [2.05, 4.69) is 9.88 Å². The molecule has 0 aliphatic carbocycles. The van der Waals surface area contributed by atoms with Crippen molar-refractivity contribution in [1.29, 1.82) is 0 Å². The van der Waals surface area contributed by atoms with Crippen molar-refractivity contribution in [2.75, 3.05) is 39.4 Å². The zero-order valence-corrected chi connectivity index (χ0v) is 17.6. The van der Waals surface area contributed by atoms with Gasteiger partial charge in [0, 0.05) is 38.6 Å². The zero-order valence-electron chi connectivity index (χ0n) is 16.1. The molecule has 1 aliphatic heterocycles. The minimum atomic E-state index is -3.71. The highest BCUT2D eigenvalue weighted by Gasteiger charge is 2.27. The fourth-order valence-electron chi connectivity index (χ4n) is 3.23. The van der Waals surface area contributed by atoms with Crippen molar-refractivity contribution in [2.24, 2.45) is 0 Å². The number of morpholine rings is 1. The van der Waals surface area contributed by atoms with Gasteiger partial charge in [-0.3, -0.25) is 9.88 Å². The first kappa shape index (κ1) is 21.2. The van der Waals surface area contributed by atoms with Crippen molar-refractivity contribution in [2.45, 2.75) is 24.8 Å². The number of pyridine rings is 1. The predicted molar refractivity (Wildman–Crippen MR) is 110 cm³/mol. The second kappa shape index (κ2) is 9.80. The average Bonchev–Trinajstić information content (AvgIpc) is 2.68. The molecule has 0 amide bonds. The fraction of sp³-hybridized carbons (Fsp3) is 0.450. The SMILES string of the molecule is Cc1ccc(S(=O)(=O)N(CCCN2CCOCC2)Cc2ccncc2)c(Cl)c1. The summed E-state index contributed by atoms with van der Waals surface area (Å²) in [4.78, 5) is 6.47. The summed E-state index contributed by atoms with van der Waals surface area (Å²) < 4.78 is 33.6. The van der Waals surface area contributed by atoms with E-state index < -0.39 is 10.0 Å². The normalized spacial score (nSPS) is 15.8. The summed E-state index contributed by atoms with van der Waals surface area (Å²) in [6.45, 7) is 6.69. The summed E-state index contributed by atoms with van der Waals surface area (Å²) in [5, 5.41) is 0.257. The van der Waals surface area contributed by atoms with Crippen molar-refractivity contribution in [3.05, 3.63) is 58.9 Å². The lowest BCUT2D eigenvalue weighted by Crippen LogP contribution is -2.39. The summed E-state index contributed by atoms with van der Waals surface area (Å²) in [5.74, 6) is 0. The smallest absolute Gasteiger partial charge is 0.244 e. The molecule has 152 valence electrons. The van der Waals surface area contributed by atoms with E-state index in [0.29, 0.717) is 6.54 Å². The number of sulfonamides is 1. The molecule has 2 aromatic rings. The number of hydrogen-bond acceptors (Lipinski definition) is 5. The van der Waals surface area contributed by atoms with Gasteiger partial charge in [-0.05, 0) is 55.3 Å². The number of benzene rings is 1. The highest BCUT2D eigenvalue weighted by Crippen LogP contribution is 2.27. The molecule has 1 saturated heterocycles. The van der Waals surface area contributed by atoms with E-state index in [1.54, 1.807) is 30.6 Å². The van der Waals surface area contributed by atoms with E-state index >= 15 is 0 Å². The van der Waals surface area contributed by atoms with Crippen LogP contribution in [-0.4, -0.2) is 62.0 Å². The molecule has 6 nitrogen and oxygen atoms in total. The van der Waals surface area contributed by atoms with Gasteiger partial charge in [-0.15, -0.1) is 0 Å². The minimum Gasteiger partial charge on any atom is -0.379 e. The first-order valence-corrected chi connectivity index (χ1v) is 11.2. The Bertz CT molecular complexity index is 872. The van der Waals surface area contributed by atoms with Crippen molar-refractivity contribution in [1.82, 2.24) is 14.2 Å². The zero-order chi connectivity index (χ0) is 20.0. The first-order valence-electron chi connectivity index (χ1n) is 9.42. The third kappa shape index (κ3) is 5.52. The Labute approximate surface area is 172 Å². The summed E-state index contributed by atoms with van der Waals surface area (Å²) in [7, 11) is -3.71. The number of halogens is 1. The number of nitrogens with zero attached hydrogens (tertiary/aromatic N) is 3. The molecule has 0 N–H and O–H groups in total. The van der Waals surface area contributed by atoms with Crippen LogP contribution in [-0.2, 0) is 21.3 Å². The summed E-state index contributed by atoms with van der Waals surface area (Å²) in [6, 6.07) is 8.72. The molecule has 1 aliphatic rings. The molecule has 0 bridgehead atoms. The van der Waals surface area contributed by atoms with E-state index in [1.165, 1.54) is 4.31 Å². The maximum atomic E-state index is 13.3. The molecule has 3 rings (SSSR count). The second-order valence-electron chi connectivity index (χ2n) is 6.94. The van der Waals surface area contributed by atoms with Gasteiger partial charge in [0.1, 0.15) is 4.90 Å². The van der Waals surface area contributed by atoms with Crippen molar-refractivity contribution in [3.63, 3.8) is 0 Å². The van der Waals surface area contributed by atoms with Crippen LogP contribution in [0.4, 0.5) is 0 Å². The lowest BCUT2D eigenvalue weighted by atomic mass is 10.2. The number of ether oxygens (including phenoxy) is 1. The minimum absolute atomic E-state index is 0.153. The van der Waals surface area contributed by atoms with Gasteiger partial charge < -0.3 is 4.74 Å². The molecule has 2 heterocycles. The van der Waals surface area contributed by atoms with Gasteiger partial charge in [0.15, 0.2) is 0 Å². The van der Waals surface area contributed by atoms with Gasteiger partial charge in [-0.25, -0.2) is 8.42 Å². The molecule has 0 radical (unpaired) electrons. The standard InChI is InChI=1S/C20H26ClN3O3S/c1-17-3-4-20(19(21)15-17)28(25,26)24(16-18-5-7-22-8-6-18)10-2-9-23-11-13-27-14-12-23/h3-8,15H,2,9-14,16H2,1H3. The van der Waals surface area contributed by atoms with Crippen LogP contribution in [0.5, 0.6) is 0 Å². The molecular weight excluding hydrogens is 398 g/mol. The molecule has 0 unspecified atom stereocenters. The van der Waals surface area contributed by atoms with Crippen LogP contribution < -0.4 is 0 Å². The Morgan fingerprint density at radius 3 is 2.57 bits per heavy atom. The van der Waals surface area contributed by atoms with Crippen LogP contribution in [0.3, 0.4) is 0 Å². The summed E-state index contributed by atoms with van der Waals surface area (Å²) >= 11 is 6.28. The van der Waals surface area contributed by atoms with Crippen LogP contribution in [0.15, 0.2) is 47.6 Å². The van der Waals surface area contributed by atoms with Crippen LogP contribution in [0.2, 0.25) is 5.02 Å². The van der Waals surface area contributed by atoms with Crippen LogP contribution in [0, 0.1) is 6.92 Å². The van der Waals surface area contributed by atoms with E-state index in [9.17, 15) is 8.42 Å². The van der Waals surface area contributed by atoms with Gasteiger partial charge in [-0.1, -0.05) is 17.7 Å².